The van der Waals surface area contributed by atoms with E-state index in [0.717, 1.165) is 37.1 Å². The zero-order valence-electron chi connectivity index (χ0n) is 20.8. The fourth-order valence-corrected chi connectivity index (χ4v) is 4.42. The Morgan fingerprint density at radius 1 is 0.972 bits per heavy atom. The summed E-state index contributed by atoms with van der Waals surface area (Å²) < 4.78 is 11.3. The standard InChI is InChI=1S/C27H32N4O5/c1-27(2,3)36-22-14-12-21(13-15-22)29-26-31-30-25(35-26)24(34)28-20-10-8-19(9-11-20)18-6-4-17(5-7-18)16-23(32)33/h8-15,17-18H,4-7,16H2,1-3H3,(H,28,34)(H,29,31)(H,32,33). The monoisotopic (exact) mass is 492 g/mol. The van der Waals surface area contributed by atoms with Crippen LogP contribution < -0.4 is 15.4 Å². The number of nitrogens with zero attached hydrogens (tertiary/aromatic N) is 2. The highest BCUT2D eigenvalue weighted by atomic mass is 16.5. The number of amides is 1. The van der Waals surface area contributed by atoms with Crippen molar-refractivity contribution >= 4 is 29.3 Å². The SMILES string of the molecule is CC(C)(C)Oc1ccc(Nc2nnc(C(=O)Nc3ccc(C4CCC(CC(=O)O)CC4)cc3)o2)cc1. The highest BCUT2D eigenvalue weighted by Crippen LogP contribution is 2.37. The van der Waals surface area contributed by atoms with Crippen LogP contribution in [0.15, 0.2) is 52.9 Å². The average molecular weight is 493 g/mol. The molecule has 0 bridgehead atoms. The smallest absolute Gasteiger partial charge is 0.320 e. The van der Waals surface area contributed by atoms with E-state index in [-0.39, 0.29) is 29.8 Å². The summed E-state index contributed by atoms with van der Waals surface area (Å²) >= 11 is 0. The molecule has 3 N–H and O–H groups in total. The van der Waals surface area contributed by atoms with Crippen LogP contribution in [0, 0.1) is 5.92 Å². The molecule has 2 aromatic carbocycles. The molecule has 0 unspecified atom stereocenters. The minimum absolute atomic E-state index is 0.110. The van der Waals surface area contributed by atoms with Crippen molar-refractivity contribution in [3.05, 3.63) is 60.0 Å². The first kappa shape index (κ1) is 25.2. The van der Waals surface area contributed by atoms with Gasteiger partial charge in [-0.15, -0.1) is 5.10 Å². The maximum absolute atomic E-state index is 12.6. The Kier molecular flexibility index (Phi) is 7.57. The molecule has 1 fully saturated rings. The van der Waals surface area contributed by atoms with Crippen molar-refractivity contribution in [3.8, 4) is 5.75 Å². The van der Waals surface area contributed by atoms with Gasteiger partial charge in [0.15, 0.2) is 0 Å². The van der Waals surface area contributed by atoms with E-state index in [0.29, 0.717) is 11.6 Å². The van der Waals surface area contributed by atoms with Crippen LogP contribution in [0.3, 0.4) is 0 Å². The molecule has 1 saturated carbocycles. The van der Waals surface area contributed by atoms with Gasteiger partial charge in [-0.05, 0) is 100 Å². The zero-order chi connectivity index (χ0) is 25.7. The van der Waals surface area contributed by atoms with Crippen molar-refractivity contribution in [3.63, 3.8) is 0 Å². The van der Waals surface area contributed by atoms with Gasteiger partial charge in [0.05, 0.1) is 0 Å². The van der Waals surface area contributed by atoms with Crippen molar-refractivity contribution in [2.24, 2.45) is 5.92 Å². The number of aliphatic carboxylic acids is 1. The van der Waals surface area contributed by atoms with E-state index in [1.54, 1.807) is 0 Å². The second kappa shape index (κ2) is 10.8. The summed E-state index contributed by atoms with van der Waals surface area (Å²) in [6, 6.07) is 15.2. The van der Waals surface area contributed by atoms with Crippen LogP contribution in [0.1, 0.15) is 75.0 Å². The van der Waals surface area contributed by atoms with Crippen LogP contribution in [-0.4, -0.2) is 32.8 Å². The Labute approximate surface area is 210 Å². The molecular formula is C27H32N4O5. The van der Waals surface area contributed by atoms with Crippen LogP contribution in [-0.2, 0) is 4.79 Å². The number of benzene rings is 2. The van der Waals surface area contributed by atoms with Crippen molar-refractivity contribution in [1.29, 1.82) is 0 Å². The lowest BCUT2D eigenvalue weighted by atomic mass is 9.77. The van der Waals surface area contributed by atoms with E-state index in [4.69, 9.17) is 14.3 Å². The first-order valence-electron chi connectivity index (χ1n) is 12.2. The molecule has 1 amide bonds. The maximum atomic E-state index is 12.6. The van der Waals surface area contributed by atoms with Gasteiger partial charge in [0.1, 0.15) is 11.4 Å². The number of nitrogens with one attached hydrogen (secondary N) is 2. The molecular weight excluding hydrogens is 460 g/mol. The normalized spacial score (nSPS) is 17.9. The summed E-state index contributed by atoms with van der Waals surface area (Å²) in [6.45, 7) is 5.95. The maximum Gasteiger partial charge on any atom is 0.320 e. The molecule has 0 spiro atoms. The number of ether oxygens (including phenoxy) is 1. The number of carbonyl (C=O) groups is 2. The second-order valence-corrected chi connectivity index (χ2v) is 10.2. The Morgan fingerprint density at radius 3 is 2.22 bits per heavy atom. The molecule has 4 rings (SSSR count). The van der Waals surface area contributed by atoms with E-state index in [1.165, 1.54) is 5.56 Å². The van der Waals surface area contributed by atoms with E-state index < -0.39 is 11.9 Å². The van der Waals surface area contributed by atoms with Crippen LogP contribution in [0.25, 0.3) is 0 Å². The lowest BCUT2D eigenvalue weighted by molar-refractivity contribution is -0.138. The Balaban J connectivity index is 1.29. The molecule has 36 heavy (non-hydrogen) atoms. The zero-order valence-corrected chi connectivity index (χ0v) is 20.8. The Bertz CT molecular complexity index is 1170. The van der Waals surface area contributed by atoms with Gasteiger partial charge in [-0.3, -0.25) is 9.59 Å². The van der Waals surface area contributed by atoms with Gasteiger partial charge in [0.25, 0.3) is 0 Å². The van der Waals surface area contributed by atoms with Gasteiger partial charge in [-0.25, -0.2) is 0 Å². The van der Waals surface area contributed by atoms with E-state index in [1.807, 2.05) is 69.3 Å². The summed E-state index contributed by atoms with van der Waals surface area (Å²) in [5.41, 5.74) is 2.27. The summed E-state index contributed by atoms with van der Waals surface area (Å²) in [4.78, 5) is 23.5. The van der Waals surface area contributed by atoms with Crippen LogP contribution in [0.5, 0.6) is 5.75 Å². The molecule has 0 saturated heterocycles. The largest absolute Gasteiger partial charge is 0.488 e. The topological polar surface area (TPSA) is 127 Å². The van der Waals surface area contributed by atoms with Gasteiger partial charge in [0.2, 0.25) is 0 Å². The van der Waals surface area contributed by atoms with E-state index in [2.05, 4.69) is 20.8 Å². The van der Waals surface area contributed by atoms with Crippen molar-refractivity contribution in [2.45, 2.75) is 64.4 Å². The quantitative estimate of drug-likeness (QED) is 0.350. The van der Waals surface area contributed by atoms with Crippen LogP contribution in [0.4, 0.5) is 17.4 Å². The summed E-state index contributed by atoms with van der Waals surface area (Å²) in [6.07, 6.45) is 4.07. The predicted octanol–water partition coefficient (Wildman–Crippen LogP) is 5.99. The van der Waals surface area contributed by atoms with Gasteiger partial charge in [-0.1, -0.05) is 17.2 Å². The molecule has 1 aliphatic carbocycles. The van der Waals surface area contributed by atoms with Crippen molar-refractivity contribution < 1.29 is 23.8 Å². The molecule has 3 aromatic rings. The molecule has 0 radical (unpaired) electrons. The molecule has 0 atom stereocenters. The van der Waals surface area contributed by atoms with Gasteiger partial charge >= 0.3 is 23.8 Å². The summed E-state index contributed by atoms with van der Waals surface area (Å²) in [5.74, 6) is 0.0717. The number of hydrogen-bond acceptors (Lipinski definition) is 7. The molecule has 1 aliphatic rings. The molecule has 1 aromatic heterocycles. The third kappa shape index (κ3) is 7.07. The van der Waals surface area contributed by atoms with E-state index >= 15 is 0 Å². The molecule has 9 nitrogen and oxygen atoms in total. The molecule has 1 heterocycles. The number of carboxylic acids is 1. The number of anilines is 3. The van der Waals surface area contributed by atoms with Crippen molar-refractivity contribution in [1.82, 2.24) is 10.2 Å². The number of aromatic nitrogens is 2. The minimum Gasteiger partial charge on any atom is -0.488 e. The number of rotatable bonds is 8. The van der Waals surface area contributed by atoms with Crippen LogP contribution >= 0.6 is 0 Å². The molecule has 190 valence electrons. The van der Waals surface area contributed by atoms with Gasteiger partial charge < -0.3 is 24.9 Å². The lowest BCUT2D eigenvalue weighted by Crippen LogP contribution is -2.22. The van der Waals surface area contributed by atoms with Gasteiger partial charge in [-0.2, -0.15) is 0 Å². The Morgan fingerprint density at radius 2 is 1.61 bits per heavy atom. The fourth-order valence-electron chi connectivity index (χ4n) is 4.42. The third-order valence-electron chi connectivity index (χ3n) is 6.10. The average Bonchev–Trinajstić information content (AvgIpc) is 3.29. The Hall–Kier alpha value is -3.88. The van der Waals surface area contributed by atoms with E-state index in [9.17, 15) is 9.59 Å². The fraction of sp³-hybridized carbons (Fsp3) is 0.407. The second-order valence-electron chi connectivity index (χ2n) is 10.2. The highest BCUT2D eigenvalue weighted by Gasteiger charge is 2.24. The number of hydrogen-bond donors (Lipinski definition) is 3. The third-order valence-corrected chi connectivity index (χ3v) is 6.10. The molecule has 9 heteroatoms. The number of carboxylic acid groups (broad SMARTS) is 1. The van der Waals surface area contributed by atoms with Crippen LogP contribution in [0.2, 0.25) is 0 Å². The first-order valence-corrected chi connectivity index (χ1v) is 12.2. The molecule has 0 aliphatic heterocycles. The minimum atomic E-state index is -0.719. The summed E-state index contributed by atoms with van der Waals surface area (Å²) in [5, 5.41) is 22.5. The number of carbonyl (C=O) groups excluding carboxylic acids is 1. The first-order chi connectivity index (χ1) is 17.1. The van der Waals surface area contributed by atoms with Crippen molar-refractivity contribution in [2.75, 3.05) is 10.6 Å². The van der Waals surface area contributed by atoms with Gasteiger partial charge in [0, 0.05) is 17.8 Å². The summed E-state index contributed by atoms with van der Waals surface area (Å²) in [7, 11) is 0. The predicted molar refractivity (Wildman–Crippen MR) is 136 cm³/mol. The highest BCUT2D eigenvalue weighted by molar-refractivity contribution is 6.00. The lowest BCUT2D eigenvalue weighted by Gasteiger charge is -2.28.